The number of hydrogen-bond donors (Lipinski definition) is 0. The molecule has 134 valence electrons. The van der Waals surface area contributed by atoms with Gasteiger partial charge in [0.05, 0.1) is 5.92 Å². The Kier molecular flexibility index (Phi) is 4.72. The molecule has 5 nitrogen and oxygen atoms in total. The molecule has 2 aromatic heterocycles. The third-order valence-electron chi connectivity index (χ3n) is 4.61. The van der Waals surface area contributed by atoms with E-state index in [2.05, 4.69) is 48.9 Å². The fourth-order valence-electron chi connectivity index (χ4n) is 3.38. The van der Waals surface area contributed by atoms with Crippen molar-refractivity contribution >= 4 is 21.7 Å². The number of nitrogens with zero attached hydrogens (tertiary/aromatic N) is 4. The predicted octanol–water partition coefficient (Wildman–Crippen LogP) is 4.73. The summed E-state index contributed by atoms with van der Waals surface area (Å²) in [6.07, 6.45) is 3.83. The van der Waals surface area contributed by atoms with Crippen molar-refractivity contribution in [1.82, 2.24) is 15.1 Å². The lowest BCUT2D eigenvalue weighted by atomic mass is 9.97. The van der Waals surface area contributed by atoms with E-state index in [-0.39, 0.29) is 11.7 Å². The van der Waals surface area contributed by atoms with Crippen LogP contribution < -0.4 is 4.90 Å². The van der Waals surface area contributed by atoms with Gasteiger partial charge in [0.2, 0.25) is 11.7 Å². The molecule has 26 heavy (non-hydrogen) atoms. The van der Waals surface area contributed by atoms with Crippen LogP contribution in [-0.4, -0.2) is 28.2 Å². The highest BCUT2D eigenvalue weighted by atomic mass is 79.9. The third-order valence-corrected chi connectivity index (χ3v) is 5.05. The van der Waals surface area contributed by atoms with Crippen LogP contribution in [0.2, 0.25) is 0 Å². The van der Waals surface area contributed by atoms with Crippen LogP contribution in [0.3, 0.4) is 0 Å². The van der Waals surface area contributed by atoms with E-state index < -0.39 is 0 Å². The van der Waals surface area contributed by atoms with E-state index in [9.17, 15) is 4.39 Å². The second-order valence-electron chi connectivity index (χ2n) is 6.55. The Bertz CT molecular complexity index is 929. The molecule has 1 aliphatic heterocycles. The quantitative estimate of drug-likeness (QED) is 0.617. The van der Waals surface area contributed by atoms with Gasteiger partial charge in [-0.2, -0.15) is 4.98 Å². The van der Waals surface area contributed by atoms with E-state index >= 15 is 0 Å². The number of halogens is 2. The molecule has 3 heterocycles. The molecule has 1 aliphatic rings. The Labute approximate surface area is 159 Å². The van der Waals surface area contributed by atoms with Crippen molar-refractivity contribution in [1.29, 1.82) is 0 Å². The normalized spacial score (nSPS) is 17.5. The van der Waals surface area contributed by atoms with Crippen molar-refractivity contribution in [3.8, 4) is 11.4 Å². The maximum absolute atomic E-state index is 13.4. The van der Waals surface area contributed by atoms with Gasteiger partial charge < -0.3 is 9.42 Å². The molecule has 0 aliphatic carbocycles. The van der Waals surface area contributed by atoms with Gasteiger partial charge in [0.1, 0.15) is 11.6 Å². The summed E-state index contributed by atoms with van der Waals surface area (Å²) < 4.78 is 19.9. The maximum Gasteiger partial charge on any atom is 0.231 e. The molecule has 1 unspecified atom stereocenters. The fraction of sp³-hybridized carbons (Fsp3) is 0.316. The molecule has 1 atom stereocenters. The minimum Gasteiger partial charge on any atom is -0.356 e. The molecule has 1 fully saturated rings. The van der Waals surface area contributed by atoms with Crippen molar-refractivity contribution < 1.29 is 8.91 Å². The van der Waals surface area contributed by atoms with Crippen molar-refractivity contribution in [2.75, 3.05) is 18.0 Å². The first-order valence-corrected chi connectivity index (χ1v) is 9.36. The van der Waals surface area contributed by atoms with E-state index in [1.54, 1.807) is 12.1 Å². The largest absolute Gasteiger partial charge is 0.356 e. The zero-order valence-electron chi connectivity index (χ0n) is 14.3. The molecule has 0 bridgehead atoms. The summed E-state index contributed by atoms with van der Waals surface area (Å²) >= 11 is 3.46. The molecule has 4 rings (SSSR count). The third kappa shape index (κ3) is 3.49. The number of hydrogen-bond acceptors (Lipinski definition) is 5. The standard InChI is InChI=1S/C19H18BrFN4O/c1-12-8-15(20)10-22-18(12)25-7-3-5-14(11-25)19-23-17(24-26-19)13-4-2-6-16(21)9-13/h2,4,6,8-10,14H,3,5,7,11H2,1H3. The summed E-state index contributed by atoms with van der Waals surface area (Å²) in [7, 11) is 0. The van der Waals surface area contributed by atoms with Crippen LogP contribution in [0.1, 0.15) is 30.2 Å². The highest BCUT2D eigenvalue weighted by Crippen LogP contribution is 2.31. The zero-order valence-corrected chi connectivity index (χ0v) is 15.9. The minimum absolute atomic E-state index is 0.142. The van der Waals surface area contributed by atoms with Gasteiger partial charge in [0.15, 0.2) is 0 Å². The molecule has 1 saturated heterocycles. The number of rotatable bonds is 3. The molecule has 7 heteroatoms. The van der Waals surface area contributed by atoms with Crippen LogP contribution in [-0.2, 0) is 0 Å². The summed E-state index contributed by atoms with van der Waals surface area (Å²) in [6, 6.07) is 8.31. The van der Waals surface area contributed by atoms with Crippen molar-refractivity contribution in [2.24, 2.45) is 0 Å². The van der Waals surface area contributed by atoms with Crippen LogP contribution in [0.25, 0.3) is 11.4 Å². The molecule has 0 N–H and O–H groups in total. The summed E-state index contributed by atoms with van der Waals surface area (Å²) in [4.78, 5) is 11.3. The van der Waals surface area contributed by atoms with Crippen molar-refractivity contribution in [3.63, 3.8) is 0 Å². The molecular weight excluding hydrogens is 399 g/mol. The molecule has 0 radical (unpaired) electrons. The number of aromatic nitrogens is 3. The average Bonchev–Trinajstić information content (AvgIpc) is 3.12. The fourth-order valence-corrected chi connectivity index (χ4v) is 3.83. The molecule has 0 amide bonds. The van der Waals surface area contributed by atoms with Crippen LogP contribution in [0, 0.1) is 12.7 Å². The van der Waals surface area contributed by atoms with E-state index in [1.807, 2.05) is 6.20 Å². The van der Waals surface area contributed by atoms with Crippen molar-refractivity contribution in [3.05, 3.63) is 58.3 Å². The first-order chi connectivity index (χ1) is 12.6. The summed E-state index contributed by atoms with van der Waals surface area (Å²) in [5.74, 6) is 1.85. The van der Waals surface area contributed by atoms with Gasteiger partial charge in [-0.3, -0.25) is 0 Å². The average molecular weight is 417 g/mol. The molecule has 3 aromatic rings. The zero-order chi connectivity index (χ0) is 18.1. The second-order valence-corrected chi connectivity index (χ2v) is 7.46. The Balaban J connectivity index is 1.55. The lowest BCUT2D eigenvalue weighted by Crippen LogP contribution is -2.35. The Morgan fingerprint density at radius 2 is 2.19 bits per heavy atom. The van der Waals surface area contributed by atoms with E-state index in [1.165, 1.54) is 12.1 Å². The monoisotopic (exact) mass is 416 g/mol. The van der Waals surface area contributed by atoms with Crippen LogP contribution >= 0.6 is 15.9 Å². The Hall–Kier alpha value is -2.28. The van der Waals surface area contributed by atoms with Gasteiger partial charge in [0.25, 0.3) is 0 Å². The summed E-state index contributed by atoms with van der Waals surface area (Å²) in [5.41, 5.74) is 1.75. The van der Waals surface area contributed by atoms with E-state index in [0.717, 1.165) is 41.8 Å². The molecule has 0 saturated carbocycles. The first kappa shape index (κ1) is 17.1. The minimum atomic E-state index is -0.311. The highest BCUT2D eigenvalue weighted by Gasteiger charge is 2.27. The Morgan fingerprint density at radius 3 is 3.00 bits per heavy atom. The predicted molar refractivity (Wildman–Crippen MR) is 101 cm³/mol. The Morgan fingerprint density at radius 1 is 1.31 bits per heavy atom. The number of pyridine rings is 1. The molecular formula is C19H18BrFN4O. The van der Waals surface area contributed by atoms with Gasteiger partial charge in [-0.05, 0) is 59.5 Å². The molecule has 1 aromatic carbocycles. The van der Waals surface area contributed by atoms with E-state index in [4.69, 9.17) is 4.52 Å². The first-order valence-electron chi connectivity index (χ1n) is 8.57. The smallest absolute Gasteiger partial charge is 0.231 e. The van der Waals surface area contributed by atoms with E-state index in [0.29, 0.717) is 17.3 Å². The lowest BCUT2D eigenvalue weighted by molar-refractivity contribution is 0.333. The summed E-state index contributed by atoms with van der Waals surface area (Å²) in [6.45, 7) is 3.79. The number of anilines is 1. The van der Waals surface area contributed by atoms with Gasteiger partial charge in [-0.15, -0.1) is 0 Å². The number of benzene rings is 1. The van der Waals surface area contributed by atoms with Gasteiger partial charge in [-0.25, -0.2) is 9.37 Å². The number of piperidine rings is 1. The van der Waals surface area contributed by atoms with Gasteiger partial charge in [-0.1, -0.05) is 17.3 Å². The molecule has 0 spiro atoms. The van der Waals surface area contributed by atoms with Gasteiger partial charge >= 0.3 is 0 Å². The number of aryl methyl sites for hydroxylation is 1. The van der Waals surface area contributed by atoms with Crippen molar-refractivity contribution in [2.45, 2.75) is 25.7 Å². The van der Waals surface area contributed by atoms with Crippen LogP contribution in [0.4, 0.5) is 10.2 Å². The van der Waals surface area contributed by atoms with Gasteiger partial charge in [0, 0.05) is 29.3 Å². The summed E-state index contributed by atoms with van der Waals surface area (Å²) in [5, 5.41) is 4.04. The highest BCUT2D eigenvalue weighted by molar-refractivity contribution is 9.10. The SMILES string of the molecule is Cc1cc(Br)cnc1N1CCCC(c2nc(-c3cccc(F)c3)no2)C1. The second kappa shape index (κ2) is 7.15. The maximum atomic E-state index is 13.4. The van der Waals surface area contributed by atoms with Crippen LogP contribution in [0.5, 0.6) is 0 Å². The van der Waals surface area contributed by atoms with Crippen LogP contribution in [0.15, 0.2) is 45.5 Å². The topological polar surface area (TPSA) is 55.1 Å². The lowest BCUT2D eigenvalue weighted by Gasteiger charge is -2.32.